The summed E-state index contributed by atoms with van der Waals surface area (Å²) in [6.45, 7) is 7.28. The zero-order valence-corrected chi connectivity index (χ0v) is 18.0. The molecule has 26 heavy (non-hydrogen) atoms. The van der Waals surface area contributed by atoms with E-state index in [1.807, 2.05) is 12.4 Å². The van der Waals surface area contributed by atoms with Gasteiger partial charge in [-0.1, -0.05) is 18.6 Å². The van der Waals surface area contributed by atoms with Crippen molar-refractivity contribution in [2.75, 3.05) is 26.2 Å². The van der Waals surface area contributed by atoms with Crippen molar-refractivity contribution in [1.29, 1.82) is 0 Å². The number of hydrogen-bond acceptors (Lipinski definition) is 2. The summed E-state index contributed by atoms with van der Waals surface area (Å²) in [5.74, 6) is 1.11. The molecule has 1 saturated carbocycles. The second kappa shape index (κ2) is 8.59. The summed E-state index contributed by atoms with van der Waals surface area (Å²) in [4.78, 5) is 11.8. The first-order valence-electron chi connectivity index (χ1n) is 9.73. The van der Waals surface area contributed by atoms with Crippen LogP contribution in [0, 0.1) is 5.41 Å². The van der Waals surface area contributed by atoms with Gasteiger partial charge in [-0.25, -0.2) is 4.98 Å². The first kappa shape index (κ1) is 19.5. The van der Waals surface area contributed by atoms with Gasteiger partial charge in [-0.3, -0.25) is 4.99 Å². The highest BCUT2D eigenvalue weighted by molar-refractivity contribution is 14.0. The maximum Gasteiger partial charge on any atom is 0.193 e. The zero-order valence-electron chi connectivity index (χ0n) is 15.7. The van der Waals surface area contributed by atoms with Gasteiger partial charge in [-0.05, 0) is 50.2 Å². The lowest BCUT2D eigenvalue weighted by atomic mass is 9.68. The number of rotatable bonds is 5. The summed E-state index contributed by atoms with van der Waals surface area (Å²) >= 11 is 0. The molecule has 4 rings (SSSR count). The largest absolute Gasteiger partial charge is 0.357 e. The molecule has 1 aromatic heterocycles. The maximum atomic E-state index is 4.90. The molecule has 5 nitrogen and oxygen atoms in total. The summed E-state index contributed by atoms with van der Waals surface area (Å²) in [6.07, 6.45) is 8.57. The number of guanidine groups is 1. The monoisotopic (exact) mass is 467 g/mol. The summed E-state index contributed by atoms with van der Waals surface area (Å²) in [7, 11) is 0. The number of aryl methyl sites for hydroxylation is 1. The summed E-state index contributed by atoms with van der Waals surface area (Å²) in [5.41, 5.74) is 2.90. The SMILES string of the molecule is CCNC(=NCCCn1cnc2ccccc21)N1CCC2(CCC2)C1.I. The molecule has 0 unspecified atom stereocenters. The second-order valence-corrected chi connectivity index (χ2v) is 7.54. The van der Waals surface area contributed by atoms with E-state index in [9.17, 15) is 0 Å². The van der Waals surface area contributed by atoms with Crippen LogP contribution in [0.2, 0.25) is 0 Å². The fourth-order valence-corrected chi connectivity index (χ4v) is 4.24. The topological polar surface area (TPSA) is 45.5 Å². The van der Waals surface area contributed by atoms with E-state index in [1.54, 1.807) is 0 Å². The van der Waals surface area contributed by atoms with Gasteiger partial charge in [0, 0.05) is 32.7 Å². The zero-order chi connectivity index (χ0) is 17.1. The molecule has 0 atom stereocenters. The van der Waals surface area contributed by atoms with Crippen LogP contribution in [0.1, 0.15) is 39.0 Å². The van der Waals surface area contributed by atoms with Crippen LogP contribution < -0.4 is 5.32 Å². The fourth-order valence-electron chi connectivity index (χ4n) is 4.24. The van der Waals surface area contributed by atoms with Crippen LogP contribution in [0.5, 0.6) is 0 Å². The van der Waals surface area contributed by atoms with Gasteiger partial charge in [0.05, 0.1) is 17.4 Å². The number of imidazole rings is 1. The molecule has 0 radical (unpaired) electrons. The van der Waals surface area contributed by atoms with Crippen molar-refractivity contribution in [2.45, 2.75) is 45.6 Å². The normalized spacial score (nSPS) is 18.8. The molecule has 1 aliphatic heterocycles. The van der Waals surface area contributed by atoms with Crippen molar-refractivity contribution in [2.24, 2.45) is 10.4 Å². The van der Waals surface area contributed by atoms with Gasteiger partial charge in [0.2, 0.25) is 0 Å². The summed E-state index contributed by atoms with van der Waals surface area (Å²) in [6, 6.07) is 8.32. The van der Waals surface area contributed by atoms with Crippen LogP contribution >= 0.6 is 24.0 Å². The third-order valence-electron chi connectivity index (χ3n) is 5.83. The molecular weight excluding hydrogens is 437 g/mol. The van der Waals surface area contributed by atoms with E-state index in [0.29, 0.717) is 5.41 Å². The molecule has 1 saturated heterocycles. The van der Waals surface area contributed by atoms with Crippen LogP contribution in [0.25, 0.3) is 11.0 Å². The number of hydrogen-bond donors (Lipinski definition) is 1. The van der Waals surface area contributed by atoms with E-state index < -0.39 is 0 Å². The quantitative estimate of drug-likeness (QED) is 0.314. The Morgan fingerprint density at radius 2 is 2.12 bits per heavy atom. The first-order chi connectivity index (χ1) is 12.3. The van der Waals surface area contributed by atoms with E-state index in [1.165, 1.54) is 37.7 Å². The molecule has 2 aliphatic rings. The number of likely N-dealkylation sites (tertiary alicyclic amines) is 1. The Morgan fingerprint density at radius 3 is 2.85 bits per heavy atom. The summed E-state index contributed by atoms with van der Waals surface area (Å²) in [5, 5.41) is 3.49. The van der Waals surface area contributed by atoms with Crippen molar-refractivity contribution in [3.8, 4) is 0 Å². The van der Waals surface area contributed by atoms with E-state index in [4.69, 9.17) is 4.99 Å². The van der Waals surface area contributed by atoms with Crippen molar-refractivity contribution < 1.29 is 0 Å². The van der Waals surface area contributed by atoms with E-state index in [-0.39, 0.29) is 24.0 Å². The Balaban J connectivity index is 0.00000196. The average molecular weight is 467 g/mol. The lowest BCUT2D eigenvalue weighted by Gasteiger charge is -2.38. The van der Waals surface area contributed by atoms with Crippen LogP contribution in [-0.2, 0) is 6.54 Å². The minimum atomic E-state index is 0. The van der Waals surface area contributed by atoms with Gasteiger partial charge in [0.1, 0.15) is 0 Å². The summed E-state index contributed by atoms with van der Waals surface area (Å²) < 4.78 is 2.23. The Bertz CT molecular complexity index is 749. The highest BCUT2D eigenvalue weighted by Gasteiger charge is 2.43. The Kier molecular flexibility index (Phi) is 6.42. The van der Waals surface area contributed by atoms with Crippen molar-refractivity contribution in [1.82, 2.24) is 19.8 Å². The van der Waals surface area contributed by atoms with Crippen LogP contribution in [0.4, 0.5) is 0 Å². The minimum Gasteiger partial charge on any atom is -0.357 e. The number of nitrogens with zero attached hydrogens (tertiary/aromatic N) is 4. The average Bonchev–Trinajstić information content (AvgIpc) is 3.22. The second-order valence-electron chi connectivity index (χ2n) is 7.54. The standard InChI is InChI=1S/C20H29N5.HI/c1-2-21-19(24-14-11-20(15-24)9-5-10-20)22-12-6-13-25-16-23-17-7-3-4-8-18(17)25;/h3-4,7-8,16H,2,5-6,9-15H2,1H3,(H,21,22);1H. The molecule has 0 bridgehead atoms. The molecule has 1 aliphatic carbocycles. The van der Waals surface area contributed by atoms with E-state index >= 15 is 0 Å². The van der Waals surface area contributed by atoms with Crippen LogP contribution in [0.15, 0.2) is 35.6 Å². The number of aromatic nitrogens is 2. The molecule has 142 valence electrons. The van der Waals surface area contributed by atoms with Gasteiger partial charge >= 0.3 is 0 Å². The number of halogens is 1. The lowest BCUT2D eigenvalue weighted by Crippen LogP contribution is -2.42. The van der Waals surface area contributed by atoms with Crippen molar-refractivity contribution in [3.05, 3.63) is 30.6 Å². The van der Waals surface area contributed by atoms with Gasteiger partial charge in [0.15, 0.2) is 5.96 Å². The predicted octanol–water partition coefficient (Wildman–Crippen LogP) is 3.89. The number of fused-ring (bicyclic) bond motifs is 1. The lowest BCUT2D eigenvalue weighted by molar-refractivity contribution is 0.151. The highest BCUT2D eigenvalue weighted by Crippen LogP contribution is 2.47. The molecule has 1 spiro atoms. The Labute approximate surface area is 173 Å². The van der Waals surface area contributed by atoms with Gasteiger partial charge in [-0.2, -0.15) is 0 Å². The smallest absolute Gasteiger partial charge is 0.193 e. The number of para-hydroxylation sites is 2. The molecule has 2 fully saturated rings. The molecular formula is C20H30IN5. The van der Waals surface area contributed by atoms with Crippen LogP contribution in [-0.4, -0.2) is 46.6 Å². The number of aliphatic imine (C=N–C) groups is 1. The minimum absolute atomic E-state index is 0. The fraction of sp³-hybridized carbons (Fsp3) is 0.600. The van der Waals surface area contributed by atoms with Crippen molar-refractivity contribution in [3.63, 3.8) is 0 Å². The van der Waals surface area contributed by atoms with Crippen LogP contribution in [0.3, 0.4) is 0 Å². The molecule has 2 heterocycles. The van der Waals surface area contributed by atoms with E-state index in [0.717, 1.165) is 44.1 Å². The third-order valence-corrected chi connectivity index (χ3v) is 5.83. The molecule has 1 aromatic carbocycles. The first-order valence-corrected chi connectivity index (χ1v) is 9.73. The van der Waals surface area contributed by atoms with Gasteiger partial charge in [0.25, 0.3) is 0 Å². The third kappa shape index (κ3) is 4.00. The predicted molar refractivity (Wildman–Crippen MR) is 118 cm³/mol. The maximum absolute atomic E-state index is 4.90. The van der Waals surface area contributed by atoms with Gasteiger partial charge in [-0.15, -0.1) is 24.0 Å². The van der Waals surface area contributed by atoms with Gasteiger partial charge < -0.3 is 14.8 Å². The number of nitrogens with one attached hydrogen (secondary N) is 1. The number of benzene rings is 1. The molecule has 6 heteroatoms. The van der Waals surface area contributed by atoms with E-state index in [2.05, 4.69) is 44.9 Å². The Hall–Kier alpha value is -1.31. The Morgan fingerprint density at radius 1 is 1.27 bits per heavy atom. The van der Waals surface area contributed by atoms with Crippen molar-refractivity contribution >= 4 is 41.0 Å². The molecule has 0 amide bonds. The highest BCUT2D eigenvalue weighted by atomic mass is 127. The molecule has 2 aromatic rings. The molecule has 1 N–H and O–H groups in total.